The first-order chi connectivity index (χ1) is 9.40. The highest BCUT2D eigenvalue weighted by Gasteiger charge is 2.16. The van der Waals surface area contributed by atoms with Gasteiger partial charge < -0.3 is 5.32 Å². The van der Waals surface area contributed by atoms with Crippen LogP contribution >= 0.6 is 0 Å². The van der Waals surface area contributed by atoms with E-state index in [1.807, 2.05) is 0 Å². The van der Waals surface area contributed by atoms with E-state index >= 15 is 0 Å². The molecule has 6 heteroatoms. The quantitative estimate of drug-likeness (QED) is 0.645. The van der Waals surface area contributed by atoms with Crippen LogP contribution in [0.5, 0.6) is 0 Å². The summed E-state index contributed by atoms with van der Waals surface area (Å²) in [4.78, 5) is 0. The molecule has 0 aliphatic carbocycles. The summed E-state index contributed by atoms with van der Waals surface area (Å²) in [6, 6.07) is 4.39. The van der Waals surface area contributed by atoms with Crippen molar-refractivity contribution in [2.75, 3.05) is 5.32 Å². The van der Waals surface area contributed by atoms with Crippen molar-refractivity contribution < 1.29 is 22.0 Å². The standard InChI is InChI=1S/C14H10F5N/c1-7(8-2-3-9(15)11(17)6-8)20-12-5-4-10(16)13(18)14(12)19/h2-7,20H,1H3. The van der Waals surface area contributed by atoms with Gasteiger partial charge in [0.25, 0.3) is 0 Å². The summed E-state index contributed by atoms with van der Waals surface area (Å²) in [6.07, 6.45) is 0. The number of rotatable bonds is 3. The first kappa shape index (κ1) is 14.3. The van der Waals surface area contributed by atoms with Gasteiger partial charge in [-0.05, 0) is 36.8 Å². The average molecular weight is 287 g/mol. The van der Waals surface area contributed by atoms with Crippen molar-refractivity contribution >= 4 is 5.69 Å². The lowest BCUT2D eigenvalue weighted by Gasteiger charge is -2.16. The minimum Gasteiger partial charge on any atom is -0.376 e. The van der Waals surface area contributed by atoms with Gasteiger partial charge in [-0.25, -0.2) is 22.0 Å². The Morgan fingerprint density at radius 3 is 2.10 bits per heavy atom. The number of hydrogen-bond acceptors (Lipinski definition) is 1. The molecule has 1 N–H and O–H groups in total. The molecule has 0 aliphatic heterocycles. The van der Waals surface area contributed by atoms with Crippen molar-refractivity contribution in [1.82, 2.24) is 0 Å². The van der Waals surface area contributed by atoms with Crippen LogP contribution in [0.1, 0.15) is 18.5 Å². The summed E-state index contributed by atoms with van der Waals surface area (Å²) in [7, 11) is 0. The van der Waals surface area contributed by atoms with E-state index in [2.05, 4.69) is 5.32 Å². The molecule has 1 unspecified atom stereocenters. The van der Waals surface area contributed by atoms with Crippen LogP contribution in [0.4, 0.5) is 27.6 Å². The van der Waals surface area contributed by atoms with E-state index in [1.165, 1.54) is 6.07 Å². The zero-order chi connectivity index (χ0) is 14.9. The smallest absolute Gasteiger partial charge is 0.196 e. The van der Waals surface area contributed by atoms with E-state index in [0.717, 1.165) is 24.3 Å². The zero-order valence-corrected chi connectivity index (χ0v) is 10.4. The average Bonchev–Trinajstić information content (AvgIpc) is 2.42. The maximum absolute atomic E-state index is 13.5. The molecule has 0 aliphatic rings. The first-order valence-corrected chi connectivity index (χ1v) is 5.75. The topological polar surface area (TPSA) is 12.0 Å². The van der Waals surface area contributed by atoms with Gasteiger partial charge >= 0.3 is 0 Å². The van der Waals surface area contributed by atoms with E-state index in [-0.39, 0.29) is 5.69 Å². The lowest BCUT2D eigenvalue weighted by Crippen LogP contribution is -2.10. The molecule has 0 heterocycles. The van der Waals surface area contributed by atoms with Crippen LogP contribution < -0.4 is 5.32 Å². The molecule has 1 atom stereocenters. The van der Waals surface area contributed by atoms with Gasteiger partial charge in [-0.1, -0.05) is 6.07 Å². The summed E-state index contributed by atoms with van der Waals surface area (Å²) in [5, 5.41) is 2.57. The third kappa shape index (κ3) is 2.74. The summed E-state index contributed by atoms with van der Waals surface area (Å²) < 4.78 is 65.2. The van der Waals surface area contributed by atoms with Crippen molar-refractivity contribution in [2.24, 2.45) is 0 Å². The van der Waals surface area contributed by atoms with Crippen LogP contribution in [0.15, 0.2) is 30.3 Å². The number of nitrogens with one attached hydrogen (secondary N) is 1. The highest BCUT2D eigenvalue weighted by molar-refractivity contribution is 5.47. The predicted octanol–water partition coefficient (Wildman–Crippen LogP) is 4.56. The Bertz CT molecular complexity index is 642. The Labute approximate surface area is 112 Å². The lowest BCUT2D eigenvalue weighted by molar-refractivity contribution is 0.448. The van der Waals surface area contributed by atoms with Crippen molar-refractivity contribution in [3.63, 3.8) is 0 Å². The molecule has 0 aromatic heterocycles. The molecule has 0 fully saturated rings. The van der Waals surface area contributed by atoms with Crippen LogP contribution in [-0.4, -0.2) is 0 Å². The number of anilines is 1. The number of halogens is 5. The van der Waals surface area contributed by atoms with E-state index in [4.69, 9.17) is 0 Å². The second kappa shape index (κ2) is 5.48. The largest absolute Gasteiger partial charge is 0.376 e. The van der Waals surface area contributed by atoms with Crippen molar-refractivity contribution in [2.45, 2.75) is 13.0 Å². The van der Waals surface area contributed by atoms with Crippen LogP contribution in [0.25, 0.3) is 0 Å². The molecule has 1 nitrogen and oxygen atoms in total. The molecular formula is C14H10F5N. The van der Waals surface area contributed by atoms with E-state index < -0.39 is 35.1 Å². The Morgan fingerprint density at radius 2 is 1.45 bits per heavy atom. The third-order valence-corrected chi connectivity index (χ3v) is 2.85. The van der Waals surface area contributed by atoms with E-state index in [0.29, 0.717) is 5.56 Å². The van der Waals surface area contributed by atoms with E-state index in [9.17, 15) is 22.0 Å². The molecular weight excluding hydrogens is 277 g/mol. The van der Waals surface area contributed by atoms with Gasteiger partial charge in [-0.2, -0.15) is 0 Å². The summed E-state index contributed by atoms with van der Waals surface area (Å²) >= 11 is 0. The molecule has 106 valence electrons. The fraction of sp³-hybridized carbons (Fsp3) is 0.143. The molecule has 0 saturated heterocycles. The second-order valence-electron chi connectivity index (χ2n) is 4.26. The van der Waals surface area contributed by atoms with Crippen molar-refractivity contribution in [1.29, 1.82) is 0 Å². The minimum absolute atomic E-state index is 0.263. The van der Waals surface area contributed by atoms with Crippen LogP contribution in [0, 0.1) is 29.1 Å². The monoisotopic (exact) mass is 287 g/mol. The normalized spacial score (nSPS) is 12.3. The summed E-state index contributed by atoms with van der Waals surface area (Å²) in [5.41, 5.74) is 0.0779. The molecule has 0 amide bonds. The van der Waals surface area contributed by atoms with Crippen molar-refractivity contribution in [3.8, 4) is 0 Å². The van der Waals surface area contributed by atoms with Crippen LogP contribution in [0.2, 0.25) is 0 Å². The first-order valence-electron chi connectivity index (χ1n) is 5.75. The van der Waals surface area contributed by atoms with Crippen LogP contribution in [0.3, 0.4) is 0 Å². The van der Waals surface area contributed by atoms with Crippen LogP contribution in [-0.2, 0) is 0 Å². The predicted molar refractivity (Wildman–Crippen MR) is 64.7 cm³/mol. The van der Waals surface area contributed by atoms with Gasteiger partial charge in [0.05, 0.1) is 5.69 Å². The van der Waals surface area contributed by atoms with Gasteiger partial charge in [-0.3, -0.25) is 0 Å². The molecule has 2 aromatic carbocycles. The molecule has 2 aromatic rings. The third-order valence-electron chi connectivity index (χ3n) is 2.85. The number of hydrogen-bond donors (Lipinski definition) is 1. The lowest BCUT2D eigenvalue weighted by atomic mass is 10.1. The molecule has 0 spiro atoms. The maximum atomic E-state index is 13.5. The molecule has 0 radical (unpaired) electrons. The summed E-state index contributed by atoms with van der Waals surface area (Å²) in [5.74, 6) is -6.29. The number of benzene rings is 2. The van der Waals surface area contributed by atoms with E-state index in [1.54, 1.807) is 6.92 Å². The minimum atomic E-state index is -1.59. The SMILES string of the molecule is CC(Nc1ccc(F)c(F)c1F)c1ccc(F)c(F)c1. The van der Waals surface area contributed by atoms with Gasteiger partial charge in [0.15, 0.2) is 29.1 Å². The van der Waals surface area contributed by atoms with Gasteiger partial charge in [0.1, 0.15) is 0 Å². The Morgan fingerprint density at radius 1 is 0.800 bits per heavy atom. The fourth-order valence-corrected chi connectivity index (χ4v) is 1.74. The van der Waals surface area contributed by atoms with Gasteiger partial charge in [0, 0.05) is 6.04 Å². The molecule has 2 rings (SSSR count). The molecule has 0 saturated carbocycles. The maximum Gasteiger partial charge on any atom is 0.196 e. The Kier molecular flexibility index (Phi) is 3.92. The summed E-state index contributed by atoms with van der Waals surface area (Å²) in [6.45, 7) is 1.55. The second-order valence-corrected chi connectivity index (χ2v) is 4.26. The zero-order valence-electron chi connectivity index (χ0n) is 10.4. The van der Waals surface area contributed by atoms with Gasteiger partial charge in [-0.15, -0.1) is 0 Å². The van der Waals surface area contributed by atoms with Crippen molar-refractivity contribution in [3.05, 3.63) is 65.0 Å². The molecule has 20 heavy (non-hydrogen) atoms. The fourth-order valence-electron chi connectivity index (χ4n) is 1.74. The Balaban J connectivity index is 2.25. The molecule has 0 bridgehead atoms. The highest BCUT2D eigenvalue weighted by Crippen LogP contribution is 2.25. The Hall–Kier alpha value is -2.11. The van der Waals surface area contributed by atoms with Gasteiger partial charge in [0.2, 0.25) is 0 Å². The highest BCUT2D eigenvalue weighted by atomic mass is 19.2.